The molecule has 1 aliphatic heterocycles. The lowest BCUT2D eigenvalue weighted by molar-refractivity contribution is -0.139. The van der Waals surface area contributed by atoms with Crippen LogP contribution in [0.2, 0.25) is 5.02 Å². The summed E-state index contributed by atoms with van der Waals surface area (Å²) in [7, 11) is 0. The number of alkyl halides is 3. The Kier molecular flexibility index (Phi) is 7.87. The van der Waals surface area contributed by atoms with E-state index in [4.69, 9.17) is 28.6 Å². The highest BCUT2D eigenvalue weighted by Gasteiger charge is 2.49. The number of hydrogen-bond acceptors (Lipinski definition) is 5. The molecule has 1 amide bonds. The van der Waals surface area contributed by atoms with Crippen molar-refractivity contribution in [1.82, 2.24) is 9.88 Å². The average Bonchev–Trinajstić information content (AvgIpc) is 3.07. The Bertz CT molecular complexity index is 1470. The van der Waals surface area contributed by atoms with Crippen LogP contribution in [0.3, 0.4) is 0 Å². The van der Waals surface area contributed by atoms with Crippen molar-refractivity contribution in [2.75, 3.05) is 18.1 Å². The van der Waals surface area contributed by atoms with Crippen molar-refractivity contribution in [3.63, 3.8) is 0 Å². The molecule has 6 nitrogen and oxygen atoms in total. The largest absolute Gasteiger partial charge is 0.493 e. The number of anilines is 1. The SMILES string of the molecule is Cc1c(N2C(=O)C(C)(C)N(CCCOc3ccc(-c4ccncc4)cc3C(F)(F)F)C2=S)ccc(C#N)c1Cl. The maximum absolute atomic E-state index is 13.8. The molecule has 2 aromatic carbocycles. The van der Waals surface area contributed by atoms with Crippen molar-refractivity contribution in [1.29, 1.82) is 5.26 Å². The molecule has 0 saturated carbocycles. The number of halogens is 4. The molecule has 0 N–H and O–H groups in total. The lowest BCUT2D eigenvalue weighted by Gasteiger charge is -2.29. The third-order valence-electron chi connectivity index (χ3n) is 6.62. The number of benzene rings is 2. The third-order valence-corrected chi connectivity index (χ3v) is 7.51. The maximum Gasteiger partial charge on any atom is 0.419 e. The fourth-order valence-electron chi connectivity index (χ4n) is 4.43. The van der Waals surface area contributed by atoms with Gasteiger partial charge in [0, 0.05) is 18.9 Å². The zero-order valence-electron chi connectivity index (χ0n) is 21.3. The summed E-state index contributed by atoms with van der Waals surface area (Å²) in [5.41, 5.74) is 0.442. The molecule has 0 unspecified atom stereocenters. The van der Waals surface area contributed by atoms with Gasteiger partial charge in [-0.05, 0) is 92.5 Å². The van der Waals surface area contributed by atoms with E-state index in [0.717, 1.165) is 6.07 Å². The van der Waals surface area contributed by atoms with E-state index >= 15 is 0 Å². The predicted octanol–water partition coefficient (Wildman–Crippen LogP) is 6.78. The van der Waals surface area contributed by atoms with Crippen LogP contribution < -0.4 is 9.64 Å². The maximum atomic E-state index is 13.8. The number of carbonyl (C=O) groups excluding carboxylic acids is 1. The van der Waals surface area contributed by atoms with Crippen molar-refractivity contribution >= 4 is 40.5 Å². The molecule has 4 rings (SSSR count). The van der Waals surface area contributed by atoms with Gasteiger partial charge in [0.2, 0.25) is 0 Å². The van der Waals surface area contributed by atoms with E-state index in [-0.39, 0.29) is 40.5 Å². The molecule has 0 bridgehead atoms. The van der Waals surface area contributed by atoms with Crippen LogP contribution >= 0.6 is 23.8 Å². The first-order valence-electron chi connectivity index (χ1n) is 12.0. The molecule has 1 fully saturated rings. The molecule has 1 aromatic heterocycles. The fourth-order valence-corrected chi connectivity index (χ4v) is 5.14. The van der Waals surface area contributed by atoms with Crippen LogP contribution in [0.5, 0.6) is 5.75 Å². The zero-order chi connectivity index (χ0) is 28.5. The number of rotatable bonds is 7. The molecule has 0 atom stereocenters. The second kappa shape index (κ2) is 10.8. The molecule has 11 heteroatoms. The summed E-state index contributed by atoms with van der Waals surface area (Å²) in [6.07, 6.45) is -1.27. The second-order valence-corrected chi connectivity index (χ2v) is 10.2. The average molecular weight is 573 g/mol. The monoisotopic (exact) mass is 572 g/mol. The van der Waals surface area contributed by atoms with Gasteiger partial charge in [-0.3, -0.25) is 14.7 Å². The Morgan fingerprint density at radius 1 is 1.13 bits per heavy atom. The first kappa shape index (κ1) is 28.3. The molecule has 1 saturated heterocycles. The van der Waals surface area contributed by atoms with Gasteiger partial charge in [-0.2, -0.15) is 18.4 Å². The molecule has 2 heterocycles. The number of pyridine rings is 1. The summed E-state index contributed by atoms with van der Waals surface area (Å²) in [6, 6.07) is 12.4. The van der Waals surface area contributed by atoms with Crippen LogP contribution in [0.1, 0.15) is 37.0 Å². The number of thiocarbonyl (C=S) groups is 1. The summed E-state index contributed by atoms with van der Waals surface area (Å²) in [4.78, 5) is 20.4. The molecular formula is C28H24ClF3N4O2S. The van der Waals surface area contributed by atoms with Crippen molar-refractivity contribution in [3.05, 3.63) is 76.6 Å². The predicted molar refractivity (Wildman–Crippen MR) is 147 cm³/mol. The van der Waals surface area contributed by atoms with E-state index in [1.54, 1.807) is 49.9 Å². The van der Waals surface area contributed by atoms with Gasteiger partial charge in [0.05, 0.1) is 28.4 Å². The molecule has 1 aliphatic rings. The summed E-state index contributed by atoms with van der Waals surface area (Å²) in [5, 5.41) is 9.72. The van der Waals surface area contributed by atoms with Gasteiger partial charge >= 0.3 is 6.18 Å². The number of ether oxygens (including phenoxy) is 1. The number of aromatic nitrogens is 1. The van der Waals surface area contributed by atoms with Crippen LogP contribution in [-0.4, -0.2) is 39.6 Å². The van der Waals surface area contributed by atoms with E-state index in [0.29, 0.717) is 28.8 Å². The fraction of sp³-hybridized carbons (Fsp3) is 0.286. The third kappa shape index (κ3) is 5.42. The lowest BCUT2D eigenvalue weighted by Crippen LogP contribution is -2.44. The van der Waals surface area contributed by atoms with Gasteiger partial charge < -0.3 is 9.64 Å². The topological polar surface area (TPSA) is 69.5 Å². The lowest BCUT2D eigenvalue weighted by atomic mass is 10.0. The summed E-state index contributed by atoms with van der Waals surface area (Å²) < 4.78 is 47.0. The minimum atomic E-state index is -4.61. The van der Waals surface area contributed by atoms with E-state index < -0.39 is 17.3 Å². The first-order chi connectivity index (χ1) is 18.4. The summed E-state index contributed by atoms with van der Waals surface area (Å²) in [5.74, 6) is -0.549. The summed E-state index contributed by atoms with van der Waals surface area (Å²) in [6.45, 7) is 5.40. The van der Waals surface area contributed by atoms with Crippen molar-refractivity contribution in [2.24, 2.45) is 0 Å². The molecule has 0 radical (unpaired) electrons. The van der Waals surface area contributed by atoms with E-state index in [9.17, 15) is 23.2 Å². The van der Waals surface area contributed by atoms with Gasteiger partial charge in [-0.1, -0.05) is 17.7 Å². The highest BCUT2D eigenvalue weighted by atomic mass is 35.5. The number of carbonyl (C=O) groups is 1. The van der Waals surface area contributed by atoms with Crippen molar-refractivity contribution < 1.29 is 22.7 Å². The molecule has 202 valence electrons. The molecule has 0 spiro atoms. The van der Waals surface area contributed by atoms with Gasteiger partial charge in [0.25, 0.3) is 5.91 Å². The minimum absolute atomic E-state index is 0.0250. The molecule has 3 aromatic rings. The Labute approximate surface area is 234 Å². The Balaban J connectivity index is 1.48. The molecule has 0 aliphatic carbocycles. The number of hydrogen-bond donors (Lipinski definition) is 0. The van der Waals surface area contributed by atoms with E-state index in [1.807, 2.05) is 6.07 Å². The van der Waals surface area contributed by atoms with Crippen molar-refractivity contribution in [2.45, 2.75) is 38.9 Å². The van der Waals surface area contributed by atoms with Crippen LogP contribution in [-0.2, 0) is 11.0 Å². The highest BCUT2D eigenvalue weighted by Crippen LogP contribution is 2.40. The Morgan fingerprint density at radius 3 is 2.46 bits per heavy atom. The van der Waals surface area contributed by atoms with Crippen LogP contribution in [0, 0.1) is 18.3 Å². The Morgan fingerprint density at radius 2 is 1.82 bits per heavy atom. The highest BCUT2D eigenvalue weighted by molar-refractivity contribution is 7.80. The second-order valence-electron chi connectivity index (χ2n) is 9.46. The number of amides is 1. The quantitative estimate of drug-likeness (QED) is 0.230. The normalized spacial score (nSPS) is 15.0. The molecular weight excluding hydrogens is 549 g/mol. The van der Waals surface area contributed by atoms with Gasteiger partial charge in [-0.15, -0.1) is 0 Å². The molecule has 39 heavy (non-hydrogen) atoms. The first-order valence-corrected chi connectivity index (χ1v) is 12.8. The van der Waals surface area contributed by atoms with E-state index in [1.165, 1.54) is 29.4 Å². The standard InChI is InChI=1S/C28H24ClF3N4O2S/c1-17-22(7-5-20(16-33)24(17)29)36-25(37)27(2,3)35(26(36)39)13-4-14-38-23-8-6-19(15-21(23)28(30,31)32)18-9-11-34-12-10-18/h5-12,15H,4,13-14H2,1-3H3. The van der Waals surface area contributed by atoms with Crippen molar-refractivity contribution in [3.8, 4) is 22.9 Å². The van der Waals surface area contributed by atoms with Crippen LogP contribution in [0.4, 0.5) is 18.9 Å². The van der Waals surface area contributed by atoms with Gasteiger partial charge in [-0.25, -0.2) is 0 Å². The van der Waals surface area contributed by atoms with E-state index in [2.05, 4.69) is 4.98 Å². The minimum Gasteiger partial charge on any atom is -0.493 e. The Hall–Kier alpha value is -3.68. The van der Waals surface area contributed by atoms with Crippen LogP contribution in [0.25, 0.3) is 11.1 Å². The zero-order valence-corrected chi connectivity index (χ0v) is 22.9. The van der Waals surface area contributed by atoms with Gasteiger partial charge in [0.15, 0.2) is 5.11 Å². The number of nitrogens with zero attached hydrogens (tertiary/aromatic N) is 4. The smallest absolute Gasteiger partial charge is 0.419 e. The van der Waals surface area contributed by atoms with Crippen LogP contribution in [0.15, 0.2) is 54.9 Å². The summed E-state index contributed by atoms with van der Waals surface area (Å²) >= 11 is 11.9. The van der Waals surface area contributed by atoms with Gasteiger partial charge in [0.1, 0.15) is 17.4 Å². The number of nitriles is 1.